The molecular formula is C19H20F2N4O3. The maximum Gasteiger partial charge on any atom is 0.274 e. The van der Waals surface area contributed by atoms with Crippen LogP contribution in [0.15, 0.2) is 24.3 Å². The Labute approximate surface area is 160 Å². The number of methoxy groups -OCH3 is 1. The molecule has 9 heteroatoms. The molecule has 2 aromatic heterocycles. The molecule has 1 aliphatic heterocycles. The second-order valence-electron chi connectivity index (χ2n) is 6.99. The number of ether oxygens (including phenoxy) is 2. The quantitative estimate of drug-likeness (QED) is 0.738. The van der Waals surface area contributed by atoms with Crippen molar-refractivity contribution in [1.29, 1.82) is 0 Å². The Kier molecular flexibility index (Phi) is 5.08. The first kappa shape index (κ1) is 18.5. The minimum atomic E-state index is -0.958. The van der Waals surface area contributed by atoms with E-state index in [9.17, 15) is 13.6 Å². The minimum absolute atomic E-state index is 0.0791. The van der Waals surface area contributed by atoms with Gasteiger partial charge in [-0.1, -0.05) is 0 Å². The van der Waals surface area contributed by atoms with E-state index in [0.717, 1.165) is 18.6 Å². The minimum Gasteiger partial charge on any atom is -0.494 e. The van der Waals surface area contributed by atoms with Gasteiger partial charge in [-0.15, -0.1) is 0 Å². The number of hydrogen-bond acceptors (Lipinski definition) is 6. The van der Waals surface area contributed by atoms with Gasteiger partial charge in [0.2, 0.25) is 11.9 Å². The summed E-state index contributed by atoms with van der Waals surface area (Å²) in [6.07, 6.45) is 3.37. The molecule has 2 fully saturated rings. The van der Waals surface area contributed by atoms with E-state index >= 15 is 0 Å². The third-order valence-electron chi connectivity index (χ3n) is 4.84. The van der Waals surface area contributed by atoms with E-state index in [2.05, 4.69) is 20.6 Å². The lowest BCUT2D eigenvalue weighted by Gasteiger charge is -2.14. The summed E-state index contributed by atoms with van der Waals surface area (Å²) in [6, 6.07) is 5.10. The third-order valence-corrected chi connectivity index (χ3v) is 4.84. The lowest BCUT2D eigenvalue weighted by Crippen LogP contribution is -2.36. The molecule has 0 radical (unpaired) electrons. The van der Waals surface area contributed by atoms with Gasteiger partial charge >= 0.3 is 0 Å². The molecule has 2 aromatic rings. The van der Waals surface area contributed by atoms with Gasteiger partial charge in [-0.3, -0.25) is 4.79 Å². The second-order valence-corrected chi connectivity index (χ2v) is 6.99. The number of anilines is 2. The first-order chi connectivity index (χ1) is 13.5. The molecule has 3 heterocycles. The summed E-state index contributed by atoms with van der Waals surface area (Å²) < 4.78 is 37.5. The van der Waals surface area contributed by atoms with E-state index in [-0.39, 0.29) is 29.3 Å². The summed E-state index contributed by atoms with van der Waals surface area (Å²) in [5.74, 6) is -1.15. The summed E-state index contributed by atoms with van der Waals surface area (Å²) in [5.41, 5.74) is 0.211. The van der Waals surface area contributed by atoms with E-state index in [4.69, 9.17) is 9.47 Å². The number of carbonyl (C=O) groups excluding carboxylic acids is 1. The van der Waals surface area contributed by atoms with E-state index < -0.39 is 17.8 Å². The van der Waals surface area contributed by atoms with Crippen LogP contribution in [0.5, 0.6) is 5.75 Å². The number of pyridine rings is 2. The SMILES string of the molecule is COc1ccc(Nc2cc(F)nc(F)c2)nc1C(=O)NC1COC(C2CC2)C1. The van der Waals surface area contributed by atoms with Gasteiger partial charge in [-0.25, -0.2) is 4.98 Å². The monoisotopic (exact) mass is 390 g/mol. The standard InChI is InChI=1S/C19H20F2N4O3/c1-27-13-4-5-17(22-11-7-15(20)24-16(21)8-11)25-18(13)19(26)23-12-6-14(28-9-12)10-2-3-10/h4-5,7-8,10,12,14H,2-3,6,9H2,1H3,(H,23,26)(H,22,24,25). The fourth-order valence-corrected chi connectivity index (χ4v) is 3.34. The molecule has 2 unspecified atom stereocenters. The van der Waals surface area contributed by atoms with Gasteiger partial charge in [0.05, 0.1) is 25.9 Å². The van der Waals surface area contributed by atoms with Crippen LogP contribution < -0.4 is 15.4 Å². The third kappa shape index (κ3) is 4.19. The predicted molar refractivity (Wildman–Crippen MR) is 96.6 cm³/mol. The van der Waals surface area contributed by atoms with Gasteiger partial charge < -0.3 is 20.1 Å². The van der Waals surface area contributed by atoms with Crippen LogP contribution in [0.3, 0.4) is 0 Å². The highest BCUT2D eigenvalue weighted by Gasteiger charge is 2.38. The molecule has 0 aromatic carbocycles. The fraction of sp³-hybridized carbons (Fsp3) is 0.421. The number of carbonyl (C=O) groups is 1. The van der Waals surface area contributed by atoms with Crippen molar-refractivity contribution in [3.63, 3.8) is 0 Å². The zero-order chi connectivity index (χ0) is 19.7. The van der Waals surface area contributed by atoms with Gasteiger partial charge in [0.15, 0.2) is 5.69 Å². The first-order valence-electron chi connectivity index (χ1n) is 9.09. The largest absolute Gasteiger partial charge is 0.494 e. The number of amides is 1. The summed E-state index contributed by atoms with van der Waals surface area (Å²) in [6.45, 7) is 0.475. The molecule has 1 amide bonds. The summed E-state index contributed by atoms with van der Waals surface area (Å²) in [7, 11) is 1.44. The molecule has 2 aliphatic rings. The summed E-state index contributed by atoms with van der Waals surface area (Å²) in [5, 5.41) is 5.69. The molecule has 2 atom stereocenters. The van der Waals surface area contributed by atoms with Crippen molar-refractivity contribution in [2.24, 2.45) is 5.92 Å². The number of nitrogens with zero attached hydrogens (tertiary/aromatic N) is 2. The van der Waals surface area contributed by atoms with Crippen molar-refractivity contribution in [2.45, 2.75) is 31.4 Å². The highest BCUT2D eigenvalue weighted by atomic mass is 19.1. The molecule has 148 valence electrons. The van der Waals surface area contributed by atoms with Crippen LogP contribution in [0, 0.1) is 17.8 Å². The molecule has 0 bridgehead atoms. The summed E-state index contributed by atoms with van der Waals surface area (Å²) in [4.78, 5) is 20.0. The molecule has 1 saturated carbocycles. The van der Waals surface area contributed by atoms with Crippen LogP contribution >= 0.6 is 0 Å². The molecule has 7 nitrogen and oxygen atoms in total. The highest BCUT2D eigenvalue weighted by molar-refractivity contribution is 5.95. The topological polar surface area (TPSA) is 85.4 Å². The van der Waals surface area contributed by atoms with Gasteiger partial charge in [-0.05, 0) is 37.3 Å². The van der Waals surface area contributed by atoms with Crippen LogP contribution in [-0.4, -0.2) is 41.7 Å². The van der Waals surface area contributed by atoms with E-state index in [1.54, 1.807) is 12.1 Å². The van der Waals surface area contributed by atoms with Gasteiger partial charge in [-0.2, -0.15) is 13.8 Å². The van der Waals surface area contributed by atoms with Crippen LogP contribution in [0.4, 0.5) is 20.3 Å². The first-order valence-corrected chi connectivity index (χ1v) is 9.09. The number of aromatic nitrogens is 2. The van der Waals surface area contributed by atoms with Crippen molar-refractivity contribution in [1.82, 2.24) is 15.3 Å². The van der Waals surface area contributed by atoms with E-state index in [1.807, 2.05) is 0 Å². The highest BCUT2D eigenvalue weighted by Crippen LogP contribution is 2.38. The predicted octanol–water partition coefficient (Wildman–Crippen LogP) is 2.80. The molecule has 0 spiro atoms. The lowest BCUT2D eigenvalue weighted by atomic mass is 10.1. The zero-order valence-electron chi connectivity index (χ0n) is 15.2. The second kappa shape index (κ2) is 7.67. The Balaban J connectivity index is 1.48. The van der Waals surface area contributed by atoms with Crippen molar-refractivity contribution >= 4 is 17.4 Å². The van der Waals surface area contributed by atoms with Crippen LogP contribution in [0.25, 0.3) is 0 Å². The number of nitrogens with one attached hydrogen (secondary N) is 2. The number of hydrogen-bond donors (Lipinski definition) is 2. The Morgan fingerprint density at radius 2 is 1.96 bits per heavy atom. The van der Waals surface area contributed by atoms with Crippen LogP contribution in [0.1, 0.15) is 29.8 Å². The average molecular weight is 390 g/mol. The number of halogens is 2. The van der Waals surface area contributed by atoms with Crippen molar-refractivity contribution < 1.29 is 23.0 Å². The molecule has 28 heavy (non-hydrogen) atoms. The number of rotatable bonds is 6. The van der Waals surface area contributed by atoms with Crippen molar-refractivity contribution in [2.75, 3.05) is 19.0 Å². The molecule has 1 saturated heterocycles. The molecule has 1 aliphatic carbocycles. The Bertz CT molecular complexity index is 871. The Hall–Kier alpha value is -2.81. The Morgan fingerprint density at radius 3 is 2.64 bits per heavy atom. The van der Waals surface area contributed by atoms with Gasteiger partial charge in [0.1, 0.15) is 11.6 Å². The van der Waals surface area contributed by atoms with Crippen LogP contribution in [-0.2, 0) is 4.74 Å². The average Bonchev–Trinajstić information content (AvgIpc) is 3.40. The fourth-order valence-electron chi connectivity index (χ4n) is 3.34. The van der Waals surface area contributed by atoms with E-state index in [1.165, 1.54) is 20.0 Å². The Morgan fingerprint density at radius 1 is 1.21 bits per heavy atom. The normalized spacial score (nSPS) is 21.4. The molecule has 2 N–H and O–H groups in total. The lowest BCUT2D eigenvalue weighted by molar-refractivity contribution is 0.0862. The van der Waals surface area contributed by atoms with Gasteiger partial charge in [0, 0.05) is 17.8 Å². The van der Waals surface area contributed by atoms with Crippen molar-refractivity contribution in [3.05, 3.63) is 41.9 Å². The maximum absolute atomic E-state index is 13.3. The summed E-state index contributed by atoms with van der Waals surface area (Å²) >= 11 is 0. The van der Waals surface area contributed by atoms with Crippen LogP contribution in [0.2, 0.25) is 0 Å². The molecule has 4 rings (SSSR count). The smallest absolute Gasteiger partial charge is 0.274 e. The molecular weight excluding hydrogens is 370 g/mol. The zero-order valence-corrected chi connectivity index (χ0v) is 15.2. The van der Waals surface area contributed by atoms with E-state index in [0.29, 0.717) is 18.3 Å². The van der Waals surface area contributed by atoms with Gasteiger partial charge in [0.25, 0.3) is 5.91 Å². The maximum atomic E-state index is 13.3. The van der Waals surface area contributed by atoms with Crippen molar-refractivity contribution in [3.8, 4) is 5.75 Å².